The SMILES string of the molecule is CCCCCCCCCCCCCCCCOC(=O)C(=O)OCCCCCCCCCCCCCCCC. The molecule has 0 aliphatic carbocycles. The molecule has 0 N–H and O–H groups in total. The molecule has 0 radical (unpaired) electrons. The molecule has 4 nitrogen and oxygen atoms in total. The van der Waals surface area contributed by atoms with E-state index in [2.05, 4.69) is 13.8 Å². The van der Waals surface area contributed by atoms with Crippen LogP contribution in [0.5, 0.6) is 0 Å². The molecule has 0 saturated heterocycles. The van der Waals surface area contributed by atoms with E-state index in [1.807, 2.05) is 0 Å². The summed E-state index contributed by atoms with van der Waals surface area (Å²) < 4.78 is 10.1. The summed E-state index contributed by atoms with van der Waals surface area (Å²) in [5, 5.41) is 0. The van der Waals surface area contributed by atoms with E-state index in [-0.39, 0.29) is 0 Å². The molecule has 0 aromatic heterocycles. The largest absolute Gasteiger partial charge is 0.457 e. The third-order valence-corrected chi connectivity index (χ3v) is 7.63. The van der Waals surface area contributed by atoms with Gasteiger partial charge in [-0.15, -0.1) is 0 Å². The Labute approximate surface area is 237 Å². The number of unbranched alkanes of at least 4 members (excludes halogenated alkanes) is 26. The fourth-order valence-electron chi connectivity index (χ4n) is 5.04. The lowest BCUT2D eigenvalue weighted by atomic mass is 10.0. The highest BCUT2D eigenvalue weighted by Crippen LogP contribution is 2.14. The normalized spacial score (nSPS) is 11.1. The molecule has 0 rings (SSSR count). The lowest BCUT2D eigenvalue weighted by Crippen LogP contribution is -2.21. The summed E-state index contributed by atoms with van der Waals surface area (Å²) in [6.07, 6.45) is 36.1. The van der Waals surface area contributed by atoms with E-state index in [1.54, 1.807) is 0 Å². The van der Waals surface area contributed by atoms with Crippen molar-refractivity contribution >= 4 is 11.9 Å². The fraction of sp³-hybridized carbons (Fsp3) is 0.941. The Morgan fingerprint density at radius 1 is 0.316 bits per heavy atom. The maximum absolute atomic E-state index is 11.8. The summed E-state index contributed by atoms with van der Waals surface area (Å²) >= 11 is 0. The Balaban J connectivity index is 3.28. The minimum atomic E-state index is -0.829. The van der Waals surface area contributed by atoms with Crippen molar-refractivity contribution in [3.8, 4) is 0 Å². The van der Waals surface area contributed by atoms with Crippen LogP contribution in [0.15, 0.2) is 0 Å². The molecule has 0 saturated carbocycles. The van der Waals surface area contributed by atoms with Gasteiger partial charge in [-0.3, -0.25) is 0 Å². The van der Waals surface area contributed by atoms with Crippen LogP contribution in [-0.2, 0) is 19.1 Å². The van der Waals surface area contributed by atoms with Gasteiger partial charge in [-0.1, -0.05) is 181 Å². The first-order valence-corrected chi connectivity index (χ1v) is 17.1. The first kappa shape index (κ1) is 36.9. The standard InChI is InChI=1S/C34H66O4/c1-3-5-7-9-11-13-15-17-19-21-23-25-27-29-31-37-33(35)34(36)38-32-30-28-26-24-22-20-18-16-14-12-10-8-6-4-2/h3-32H2,1-2H3. The van der Waals surface area contributed by atoms with Crippen LogP contribution < -0.4 is 0 Å². The maximum atomic E-state index is 11.8. The van der Waals surface area contributed by atoms with Gasteiger partial charge in [0.05, 0.1) is 13.2 Å². The minimum absolute atomic E-state index is 0.324. The van der Waals surface area contributed by atoms with Crippen LogP contribution in [-0.4, -0.2) is 25.2 Å². The third-order valence-electron chi connectivity index (χ3n) is 7.63. The van der Waals surface area contributed by atoms with Crippen molar-refractivity contribution in [2.24, 2.45) is 0 Å². The second-order valence-electron chi connectivity index (χ2n) is 11.5. The Kier molecular flexibility index (Phi) is 31.3. The van der Waals surface area contributed by atoms with Gasteiger partial charge >= 0.3 is 11.9 Å². The highest BCUT2D eigenvalue weighted by Gasteiger charge is 2.16. The van der Waals surface area contributed by atoms with Crippen LogP contribution >= 0.6 is 0 Å². The van der Waals surface area contributed by atoms with Crippen molar-refractivity contribution in [3.63, 3.8) is 0 Å². The second-order valence-corrected chi connectivity index (χ2v) is 11.5. The summed E-state index contributed by atoms with van der Waals surface area (Å²) in [5.74, 6) is -1.66. The molecule has 4 heteroatoms. The first-order chi connectivity index (χ1) is 18.7. The highest BCUT2D eigenvalue weighted by molar-refractivity contribution is 6.29. The molecule has 0 heterocycles. The van der Waals surface area contributed by atoms with E-state index < -0.39 is 11.9 Å². The first-order valence-electron chi connectivity index (χ1n) is 17.1. The van der Waals surface area contributed by atoms with Gasteiger partial charge in [-0.25, -0.2) is 9.59 Å². The summed E-state index contributed by atoms with van der Waals surface area (Å²) in [4.78, 5) is 23.5. The fourth-order valence-corrected chi connectivity index (χ4v) is 5.04. The summed E-state index contributed by atoms with van der Waals surface area (Å²) in [6, 6.07) is 0. The number of carbonyl (C=O) groups is 2. The smallest absolute Gasteiger partial charge is 0.417 e. The molecule has 0 amide bonds. The van der Waals surface area contributed by atoms with Crippen molar-refractivity contribution in [2.75, 3.05) is 13.2 Å². The van der Waals surface area contributed by atoms with Gasteiger partial charge < -0.3 is 9.47 Å². The van der Waals surface area contributed by atoms with Crippen LogP contribution in [0.2, 0.25) is 0 Å². The molecule has 226 valence electrons. The number of hydrogen-bond donors (Lipinski definition) is 0. The molecule has 38 heavy (non-hydrogen) atoms. The van der Waals surface area contributed by atoms with Crippen LogP contribution in [0.4, 0.5) is 0 Å². The molecule has 0 fully saturated rings. The van der Waals surface area contributed by atoms with Crippen molar-refractivity contribution in [3.05, 3.63) is 0 Å². The Morgan fingerprint density at radius 2 is 0.500 bits per heavy atom. The highest BCUT2D eigenvalue weighted by atomic mass is 16.6. The summed E-state index contributed by atoms with van der Waals surface area (Å²) in [5.41, 5.74) is 0. The van der Waals surface area contributed by atoms with Crippen LogP contribution in [0.3, 0.4) is 0 Å². The average Bonchev–Trinajstić information content (AvgIpc) is 2.92. The van der Waals surface area contributed by atoms with Crippen LogP contribution in [0, 0.1) is 0 Å². The molecule has 0 aliphatic rings. The zero-order valence-corrected chi connectivity index (χ0v) is 25.8. The van der Waals surface area contributed by atoms with Gasteiger partial charge in [0.15, 0.2) is 0 Å². The monoisotopic (exact) mass is 538 g/mol. The van der Waals surface area contributed by atoms with Gasteiger partial charge in [0.2, 0.25) is 0 Å². The number of rotatable bonds is 30. The van der Waals surface area contributed by atoms with Gasteiger partial charge in [0.25, 0.3) is 0 Å². The van der Waals surface area contributed by atoms with Gasteiger partial charge in [0.1, 0.15) is 0 Å². The molecular weight excluding hydrogens is 472 g/mol. The van der Waals surface area contributed by atoms with E-state index in [9.17, 15) is 9.59 Å². The topological polar surface area (TPSA) is 52.6 Å². The molecule has 0 bridgehead atoms. The van der Waals surface area contributed by atoms with E-state index in [4.69, 9.17) is 9.47 Å². The van der Waals surface area contributed by atoms with Gasteiger partial charge in [-0.2, -0.15) is 0 Å². The van der Waals surface area contributed by atoms with E-state index in [1.165, 1.54) is 154 Å². The quantitative estimate of drug-likeness (QED) is 0.0518. The molecule has 0 aromatic rings. The summed E-state index contributed by atoms with van der Waals surface area (Å²) in [7, 11) is 0. The summed E-state index contributed by atoms with van der Waals surface area (Å²) in [6.45, 7) is 5.19. The van der Waals surface area contributed by atoms with E-state index in [0.29, 0.717) is 13.2 Å². The number of esters is 2. The van der Waals surface area contributed by atoms with E-state index in [0.717, 1.165) is 25.7 Å². The number of carbonyl (C=O) groups excluding carboxylic acids is 2. The van der Waals surface area contributed by atoms with Crippen LogP contribution in [0.1, 0.15) is 194 Å². The van der Waals surface area contributed by atoms with Crippen molar-refractivity contribution in [1.29, 1.82) is 0 Å². The van der Waals surface area contributed by atoms with Crippen molar-refractivity contribution in [2.45, 2.75) is 194 Å². The van der Waals surface area contributed by atoms with E-state index >= 15 is 0 Å². The minimum Gasteiger partial charge on any atom is -0.457 e. The molecule has 0 spiro atoms. The van der Waals surface area contributed by atoms with Crippen LogP contribution in [0.25, 0.3) is 0 Å². The number of ether oxygens (including phenoxy) is 2. The Morgan fingerprint density at radius 3 is 0.711 bits per heavy atom. The average molecular weight is 539 g/mol. The maximum Gasteiger partial charge on any atom is 0.417 e. The van der Waals surface area contributed by atoms with Crippen molar-refractivity contribution < 1.29 is 19.1 Å². The molecule has 0 aliphatic heterocycles. The number of hydrogen-bond acceptors (Lipinski definition) is 4. The zero-order valence-electron chi connectivity index (χ0n) is 25.8. The third kappa shape index (κ3) is 29.5. The van der Waals surface area contributed by atoms with Crippen molar-refractivity contribution in [1.82, 2.24) is 0 Å². The second kappa shape index (κ2) is 32.2. The molecule has 0 unspecified atom stereocenters. The molecule has 0 atom stereocenters. The predicted octanol–water partition coefficient (Wildman–Crippen LogP) is 11.0. The lowest BCUT2D eigenvalue weighted by molar-refractivity contribution is -0.167. The Bertz CT molecular complexity index is 447. The molecular formula is C34H66O4. The van der Waals surface area contributed by atoms with Gasteiger partial charge in [0, 0.05) is 0 Å². The zero-order chi connectivity index (χ0) is 27.8. The van der Waals surface area contributed by atoms with Gasteiger partial charge in [-0.05, 0) is 12.8 Å². The predicted molar refractivity (Wildman–Crippen MR) is 163 cm³/mol. The Hall–Kier alpha value is -1.06. The lowest BCUT2D eigenvalue weighted by Gasteiger charge is -2.06. The molecule has 0 aromatic carbocycles.